The fourth-order valence-corrected chi connectivity index (χ4v) is 3.84. The highest BCUT2D eigenvalue weighted by molar-refractivity contribution is 5.78. The van der Waals surface area contributed by atoms with E-state index in [1.807, 2.05) is 41.4 Å². The summed E-state index contributed by atoms with van der Waals surface area (Å²) in [6.07, 6.45) is 1.81. The molecule has 0 spiro atoms. The molecule has 148 valence electrons. The van der Waals surface area contributed by atoms with Crippen molar-refractivity contribution in [3.63, 3.8) is 0 Å². The van der Waals surface area contributed by atoms with Crippen LogP contribution in [0, 0.1) is 0 Å². The lowest BCUT2D eigenvalue weighted by Crippen LogP contribution is -2.54. The number of rotatable bonds is 4. The van der Waals surface area contributed by atoms with Gasteiger partial charge in [-0.05, 0) is 36.4 Å². The molecule has 0 atom stereocenters. The van der Waals surface area contributed by atoms with Gasteiger partial charge in [0.05, 0.1) is 6.54 Å². The van der Waals surface area contributed by atoms with E-state index in [9.17, 15) is 9.90 Å². The fourth-order valence-electron chi connectivity index (χ4n) is 3.84. The molecule has 0 aliphatic carbocycles. The third-order valence-corrected chi connectivity index (χ3v) is 5.55. The number of hydrogen-bond acceptors (Lipinski definition) is 6. The molecular formula is C21H27N5O2. The number of aromatic nitrogens is 1. The Hall–Kier alpha value is -2.80. The number of piperazine rings is 2. The van der Waals surface area contributed by atoms with Crippen LogP contribution in [-0.4, -0.2) is 84.7 Å². The van der Waals surface area contributed by atoms with Crippen molar-refractivity contribution in [3.8, 4) is 5.75 Å². The average molecular weight is 381 g/mol. The first-order chi connectivity index (χ1) is 13.7. The van der Waals surface area contributed by atoms with Crippen LogP contribution in [0.3, 0.4) is 0 Å². The van der Waals surface area contributed by atoms with Crippen molar-refractivity contribution in [2.75, 3.05) is 68.7 Å². The Bertz CT molecular complexity index is 767. The SMILES string of the molecule is O=C(CN1CCN(c2ccc(O)cc2)CC1)N1CCN(c2ccccn2)CC1. The number of aromatic hydroxyl groups is 1. The Morgan fingerprint density at radius 3 is 2.18 bits per heavy atom. The maximum Gasteiger partial charge on any atom is 0.236 e. The van der Waals surface area contributed by atoms with Crippen LogP contribution in [0.4, 0.5) is 11.5 Å². The lowest BCUT2D eigenvalue weighted by Gasteiger charge is -2.38. The number of benzene rings is 1. The first kappa shape index (κ1) is 18.6. The van der Waals surface area contributed by atoms with E-state index in [1.165, 1.54) is 0 Å². The van der Waals surface area contributed by atoms with Crippen LogP contribution in [0.1, 0.15) is 0 Å². The topological polar surface area (TPSA) is 63.2 Å². The van der Waals surface area contributed by atoms with E-state index < -0.39 is 0 Å². The zero-order chi connectivity index (χ0) is 19.3. The molecule has 7 nitrogen and oxygen atoms in total. The van der Waals surface area contributed by atoms with E-state index >= 15 is 0 Å². The molecule has 28 heavy (non-hydrogen) atoms. The molecule has 1 N–H and O–H groups in total. The van der Waals surface area contributed by atoms with Gasteiger partial charge in [-0.2, -0.15) is 0 Å². The summed E-state index contributed by atoms with van der Waals surface area (Å²) in [5.74, 6) is 1.50. The number of anilines is 2. The highest BCUT2D eigenvalue weighted by Crippen LogP contribution is 2.20. The van der Waals surface area contributed by atoms with Crippen molar-refractivity contribution in [2.24, 2.45) is 0 Å². The number of pyridine rings is 1. The van der Waals surface area contributed by atoms with Gasteiger partial charge in [0, 0.05) is 64.2 Å². The third kappa shape index (κ3) is 4.36. The molecule has 0 saturated carbocycles. The Morgan fingerprint density at radius 1 is 0.857 bits per heavy atom. The largest absolute Gasteiger partial charge is 0.508 e. The number of carbonyl (C=O) groups excluding carboxylic acids is 1. The predicted molar refractivity (Wildman–Crippen MR) is 110 cm³/mol. The first-order valence-corrected chi connectivity index (χ1v) is 9.89. The molecule has 2 aliphatic heterocycles. The van der Waals surface area contributed by atoms with Gasteiger partial charge in [0.1, 0.15) is 11.6 Å². The fraction of sp³-hybridized carbons (Fsp3) is 0.429. The van der Waals surface area contributed by atoms with Gasteiger partial charge in [-0.25, -0.2) is 4.98 Å². The lowest BCUT2D eigenvalue weighted by atomic mass is 10.2. The second-order valence-electron chi connectivity index (χ2n) is 7.34. The second-order valence-corrected chi connectivity index (χ2v) is 7.34. The Balaban J connectivity index is 1.22. The third-order valence-electron chi connectivity index (χ3n) is 5.55. The highest BCUT2D eigenvalue weighted by atomic mass is 16.3. The summed E-state index contributed by atoms with van der Waals surface area (Å²) in [5, 5.41) is 9.43. The molecule has 1 aromatic heterocycles. The van der Waals surface area contributed by atoms with Gasteiger partial charge in [-0.3, -0.25) is 9.69 Å². The molecule has 0 bridgehead atoms. The molecule has 1 amide bonds. The van der Waals surface area contributed by atoms with Crippen LogP contribution in [0.5, 0.6) is 5.75 Å². The number of nitrogens with zero attached hydrogens (tertiary/aromatic N) is 5. The van der Waals surface area contributed by atoms with E-state index in [1.54, 1.807) is 12.1 Å². The average Bonchev–Trinajstić information content (AvgIpc) is 2.76. The van der Waals surface area contributed by atoms with Gasteiger partial charge in [0.25, 0.3) is 0 Å². The summed E-state index contributed by atoms with van der Waals surface area (Å²) in [5.41, 5.74) is 1.12. The summed E-state index contributed by atoms with van der Waals surface area (Å²) >= 11 is 0. The molecule has 7 heteroatoms. The molecule has 3 heterocycles. The van der Waals surface area contributed by atoms with E-state index in [2.05, 4.69) is 19.7 Å². The van der Waals surface area contributed by atoms with Crippen LogP contribution >= 0.6 is 0 Å². The Kier molecular flexibility index (Phi) is 5.62. The number of carbonyl (C=O) groups is 1. The number of phenolic OH excluding ortho intramolecular Hbond substituents is 1. The smallest absolute Gasteiger partial charge is 0.236 e. The van der Waals surface area contributed by atoms with Gasteiger partial charge in [-0.15, -0.1) is 0 Å². The van der Waals surface area contributed by atoms with Crippen molar-refractivity contribution in [1.82, 2.24) is 14.8 Å². The molecule has 0 radical (unpaired) electrons. The molecule has 2 saturated heterocycles. The normalized spacial score (nSPS) is 18.4. The zero-order valence-electron chi connectivity index (χ0n) is 16.1. The van der Waals surface area contributed by atoms with Crippen molar-refractivity contribution >= 4 is 17.4 Å². The van der Waals surface area contributed by atoms with Crippen molar-refractivity contribution in [2.45, 2.75) is 0 Å². The van der Waals surface area contributed by atoms with Crippen molar-refractivity contribution < 1.29 is 9.90 Å². The van der Waals surface area contributed by atoms with Gasteiger partial charge in [0.15, 0.2) is 0 Å². The van der Waals surface area contributed by atoms with Gasteiger partial charge in [0.2, 0.25) is 5.91 Å². The molecule has 1 aromatic carbocycles. The van der Waals surface area contributed by atoms with Gasteiger partial charge in [-0.1, -0.05) is 6.07 Å². The van der Waals surface area contributed by atoms with Crippen molar-refractivity contribution in [1.29, 1.82) is 0 Å². The minimum Gasteiger partial charge on any atom is -0.508 e. The standard InChI is InChI=1S/C21H27N5O2/c27-19-6-4-18(5-7-19)24-11-9-23(10-12-24)17-21(28)26-15-13-25(14-16-26)20-3-1-2-8-22-20/h1-8,27H,9-17H2. The molecule has 2 aliphatic rings. The summed E-state index contributed by atoms with van der Waals surface area (Å²) in [7, 11) is 0. The van der Waals surface area contributed by atoms with Crippen molar-refractivity contribution in [3.05, 3.63) is 48.7 Å². The molecule has 2 aromatic rings. The lowest BCUT2D eigenvalue weighted by molar-refractivity contribution is -0.132. The molecule has 2 fully saturated rings. The van der Waals surface area contributed by atoms with E-state index in [0.29, 0.717) is 6.54 Å². The number of hydrogen-bond donors (Lipinski definition) is 1. The van der Waals surface area contributed by atoms with Crippen LogP contribution in [-0.2, 0) is 4.79 Å². The summed E-state index contributed by atoms with van der Waals surface area (Å²) in [4.78, 5) is 25.9. The Labute approximate surface area is 165 Å². The molecule has 4 rings (SSSR count). The summed E-state index contributed by atoms with van der Waals surface area (Å²) in [6, 6.07) is 13.3. The van der Waals surface area contributed by atoms with E-state index in [-0.39, 0.29) is 11.7 Å². The quantitative estimate of drug-likeness (QED) is 0.860. The van der Waals surface area contributed by atoms with Crippen LogP contribution in [0.15, 0.2) is 48.7 Å². The molecular weight excluding hydrogens is 354 g/mol. The van der Waals surface area contributed by atoms with Crippen LogP contribution < -0.4 is 9.80 Å². The number of phenols is 1. The first-order valence-electron chi connectivity index (χ1n) is 9.89. The van der Waals surface area contributed by atoms with Gasteiger partial charge >= 0.3 is 0 Å². The van der Waals surface area contributed by atoms with E-state index in [4.69, 9.17) is 0 Å². The number of amides is 1. The Morgan fingerprint density at radius 2 is 1.54 bits per heavy atom. The monoisotopic (exact) mass is 381 g/mol. The summed E-state index contributed by atoms with van der Waals surface area (Å²) in [6.45, 7) is 7.20. The predicted octanol–water partition coefficient (Wildman–Crippen LogP) is 1.26. The minimum atomic E-state index is 0.221. The summed E-state index contributed by atoms with van der Waals surface area (Å²) < 4.78 is 0. The second kappa shape index (κ2) is 8.48. The van der Waals surface area contributed by atoms with E-state index in [0.717, 1.165) is 63.9 Å². The van der Waals surface area contributed by atoms with Crippen LogP contribution in [0.2, 0.25) is 0 Å². The highest BCUT2D eigenvalue weighted by Gasteiger charge is 2.25. The zero-order valence-corrected chi connectivity index (χ0v) is 16.1. The molecule has 0 unspecified atom stereocenters. The maximum absolute atomic E-state index is 12.7. The minimum absolute atomic E-state index is 0.221. The van der Waals surface area contributed by atoms with Crippen LogP contribution in [0.25, 0.3) is 0 Å². The van der Waals surface area contributed by atoms with Gasteiger partial charge < -0.3 is 19.8 Å². The maximum atomic E-state index is 12.7.